The molecule has 3 saturated carbocycles. The molecule has 0 bridgehead atoms. The lowest BCUT2D eigenvalue weighted by Gasteiger charge is -2.62. The molecule has 1 aromatic carbocycles. The third-order valence-corrected chi connectivity index (χ3v) is 9.77. The third kappa shape index (κ3) is 3.43. The van der Waals surface area contributed by atoms with Crippen molar-refractivity contribution in [2.75, 3.05) is 12.4 Å². The van der Waals surface area contributed by atoms with Crippen LogP contribution in [-0.2, 0) is 9.59 Å². The fourth-order valence-corrected chi connectivity index (χ4v) is 8.30. The number of ether oxygens (including phenoxy) is 1. The van der Waals surface area contributed by atoms with Crippen molar-refractivity contribution in [1.82, 2.24) is 4.90 Å². The Bertz CT molecular complexity index is 899. The van der Waals surface area contributed by atoms with E-state index in [-0.39, 0.29) is 17.2 Å². The van der Waals surface area contributed by atoms with Gasteiger partial charge in [0.15, 0.2) is 6.10 Å². The van der Waals surface area contributed by atoms with E-state index >= 15 is 0 Å². The Morgan fingerprint density at radius 1 is 1.06 bits per heavy atom. The highest BCUT2D eigenvalue weighted by atomic mass is 16.5. The number of rotatable bonds is 3. The number of likely N-dealkylation sites (N-methyl/N-ethyl adjacent to an activating group) is 1. The molecule has 1 saturated heterocycles. The van der Waals surface area contributed by atoms with Crippen LogP contribution in [0.25, 0.3) is 0 Å². The van der Waals surface area contributed by atoms with E-state index in [0.29, 0.717) is 23.1 Å². The number of nitrogens with zero attached hydrogens (tertiary/aromatic N) is 1. The Morgan fingerprint density at radius 2 is 1.81 bits per heavy atom. The van der Waals surface area contributed by atoms with Crippen LogP contribution in [0.3, 0.4) is 0 Å². The van der Waals surface area contributed by atoms with Gasteiger partial charge in [-0.1, -0.05) is 20.3 Å². The van der Waals surface area contributed by atoms with Gasteiger partial charge in [0.2, 0.25) is 5.91 Å². The Balaban J connectivity index is 1.37. The second kappa shape index (κ2) is 7.78. The molecule has 174 valence electrons. The van der Waals surface area contributed by atoms with E-state index in [4.69, 9.17) is 4.74 Å². The standard InChI is InChI=1S/C27H38N2O3/c1-17(30)28-18-7-9-19(10-8-18)32-23-16-27(3)22-13-15-26(2)14-5-6-21(26)20(22)11-12-24(27)29(4)25(23)31/h7-10,20-24H,5-6,11-16H2,1-4H3,(H,28,30)/t20-,21-,22-,23?,24+,26-,27+/m0/s1. The highest BCUT2D eigenvalue weighted by Gasteiger charge is 2.60. The molecule has 1 N–H and O–H groups in total. The summed E-state index contributed by atoms with van der Waals surface area (Å²) in [5.74, 6) is 3.05. The van der Waals surface area contributed by atoms with Crippen LogP contribution in [0.4, 0.5) is 5.69 Å². The summed E-state index contributed by atoms with van der Waals surface area (Å²) >= 11 is 0. The number of piperidine rings is 1. The topological polar surface area (TPSA) is 58.6 Å². The molecule has 4 fully saturated rings. The lowest BCUT2D eigenvalue weighted by Crippen LogP contribution is -2.65. The van der Waals surface area contributed by atoms with Crippen molar-refractivity contribution >= 4 is 17.5 Å². The number of likely N-dealkylation sites (tertiary alicyclic amines) is 1. The van der Waals surface area contributed by atoms with Gasteiger partial charge < -0.3 is 15.0 Å². The number of hydrogen-bond acceptors (Lipinski definition) is 3. The maximum Gasteiger partial charge on any atom is 0.263 e. The molecule has 1 unspecified atom stereocenters. The van der Waals surface area contributed by atoms with Crippen LogP contribution < -0.4 is 10.1 Å². The van der Waals surface area contributed by atoms with Crippen LogP contribution in [-0.4, -0.2) is 35.9 Å². The van der Waals surface area contributed by atoms with Gasteiger partial charge >= 0.3 is 0 Å². The zero-order chi connectivity index (χ0) is 22.7. The third-order valence-electron chi connectivity index (χ3n) is 9.77. The Kier molecular flexibility index (Phi) is 5.29. The molecule has 1 heterocycles. The number of fused-ring (bicyclic) bond motifs is 5. The summed E-state index contributed by atoms with van der Waals surface area (Å²) < 4.78 is 6.29. The largest absolute Gasteiger partial charge is 0.481 e. The smallest absolute Gasteiger partial charge is 0.263 e. The molecule has 7 atom stereocenters. The van der Waals surface area contributed by atoms with Crippen molar-refractivity contribution < 1.29 is 14.3 Å². The molecule has 5 heteroatoms. The van der Waals surface area contributed by atoms with Gasteiger partial charge in [-0.2, -0.15) is 0 Å². The zero-order valence-electron chi connectivity index (χ0n) is 20.0. The minimum absolute atomic E-state index is 0.0978. The number of hydrogen-bond donors (Lipinski definition) is 1. The quantitative estimate of drug-likeness (QED) is 0.701. The van der Waals surface area contributed by atoms with Gasteiger partial charge in [0, 0.05) is 32.1 Å². The minimum atomic E-state index is -0.441. The lowest BCUT2D eigenvalue weighted by molar-refractivity contribution is -0.171. The van der Waals surface area contributed by atoms with Gasteiger partial charge in [-0.15, -0.1) is 0 Å². The Hall–Kier alpha value is -2.04. The van der Waals surface area contributed by atoms with Crippen molar-refractivity contribution in [1.29, 1.82) is 0 Å². The predicted molar refractivity (Wildman–Crippen MR) is 125 cm³/mol. The molecule has 0 aromatic heterocycles. The van der Waals surface area contributed by atoms with E-state index in [9.17, 15) is 9.59 Å². The average Bonchev–Trinajstić information content (AvgIpc) is 3.14. The lowest BCUT2D eigenvalue weighted by atomic mass is 9.47. The van der Waals surface area contributed by atoms with Crippen molar-refractivity contribution in [3.63, 3.8) is 0 Å². The summed E-state index contributed by atoms with van der Waals surface area (Å²) in [5, 5.41) is 2.78. The maximum absolute atomic E-state index is 13.3. The molecule has 5 nitrogen and oxygen atoms in total. The Morgan fingerprint density at radius 3 is 2.53 bits per heavy atom. The van der Waals surface area contributed by atoms with Crippen molar-refractivity contribution in [3.05, 3.63) is 24.3 Å². The molecule has 0 spiro atoms. The van der Waals surface area contributed by atoms with E-state index in [0.717, 1.165) is 30.4 Å². The van der Waals surface area contributed by atoms with E-state index in [2.05, 4.69) is 19.2 Å². The van der Waals surface area contributed by atoms with Crippen molar-refractivity contribution in [2.24, 2.45) is 28.6 Å². The molecule has 5 rings (SSSR count). The molecule has 1 aliphatic heterocycles. The number of anilines is 1. The number of carbonyl (C=O) groups excluding carboxylic acids is 2. The first-order chi connectivity index (χ1) is 15.2. The Labute approximate surface area is 192 Å². The molecule has 1 aromatic rings. The average molecular weight is 439 g/mol. The van der Waals surface area contributed by atoms with Gasteiger partial charge in [0.1, 0.15) is 5.75 Å². The summed E-state index contributed by atoms with van der Waals surface area (Å²) in [5.41, 5.74) is 1.39. The second-order valence-corrected chi connectivity index (χ2v) is 11.5. The maximum atomic E-state index is 13.3. The van der Waals surface area contributed by atoms with Crippen LogP contribution in [0.2, 0.25) is 0 Å². The van der Waals surface area contributed by atoms with Gasteiger partial charge in [-0.05, 0) is 91.4 Å². The highest BCUT2D eigenvalue weighted by molar-refractivity contribution is 5.88. The number of nitrogens with one attached hydrogen (secondary N) is 1. The fraction of sp³-hybridized carbons (Fsp3) is 0.704. The zero-order valence-corrected chi connectivity index (χ0v) is 20.0. The van der Waals surface area contributed by atoms with Gasteiger partial charge in [-0.25, -0.2) is 0 Å². The van der Waals surface area contributed by atoms with Gasteiger partial charge in [0.25, 0.3) is 5.91 Å². The van der Waals surface area contributed by atoms with Crippen LogP contribution >= 0.6 is 0 Å². The first-order valence-electron chi connectivity index (χ1n) is 12.5. The first kappa shape index (κ1) is 21.8. The van der Waals surface area contributed by atoms with Crippen LogP contribution in [0, 0.1) is 28.6 Å². The first-order valence-corrected chi connectivity index (χ1v) is 12.5. The minimum Gasteiger partial charge on any atom is -0.481 e. The molecular formula is C27H38N2O3. The van der Waals surface area contributed by atoms with E-state index in [1.54, 1.807) is 0 Å². The van der Waals surface area contributed by atoms with E-state index in [1.807, 2.05) is 36.2 Å². The van der Waals surface area contributed by atoms with Crippen molar-refractivity contribution in [3.8, 4) is 5.75 Å². The number of carbonyl (C=O) groups is 2. The molecule has 2 amide bonds. The number of amides is 2. The molecule has 4 aliphatic rings. The highest BCUT2D eigenvalue weighted by Crippen LogP contribution is 2.64. The van der Waals surface area contributed by atoms with Crippen molar-refractivity contribution in [2.45, 2.75) is 84.3 Å². The molecular weight excluding hydrogens is 400 g/mol. The summed E-state index contributed by atoms with van der Waals surface area (Å²) in [6, 6.07) is 7.68. The SMILES string of the molecule is CC(=O)Nc1ccc(OC2C[C@]3(C)[C@H]4CC[C@]5(C)CCC[C@H]5[C@@H]4CC[C@H]3N(C)C2=O)cc1. The monoisotopic (exact) mass is 438 g/mol. The predicted octanol–water partition coefficient (Wildman–Crippen LogP) is 5.26. The van der Waals surface area contributed by atoms with Crippen LogP contribution in [0.15, 0.2) is 24.3 Å². The second-order valence-electron chi connectivity index (χ2n) is 11.5. The summed E-state index contributed by atoms with van der Waals surface area (Å²) in [7, 11) is 1.99. The van der Waals surface area contributed by atoms with E-state index < -0.39 is 6.10 Å². The van der Waals surface area contributed by atoms with E-state index in [1.165, 1.54) is 45.4 Å². The fourth-order valence-electron chi connectivity index (χ4n) is 8.30. The van der Waals surface area contributed by atoms with Gasteiger partial charge in [-0.3, -0.25) is 9.59 Å². The number of benzene rings is 1. The summed E-state index contributed by atoms with van der Waals surface area (Å²) in [4.78, 5) is 26.6. The summed E-state index contributed by atoms with van der Waals surface area (Å²) in [6.07, 6.45) is 9.60. The molecule has 32 heavy (non-hydrogen) atoms. The molecule has 0 radical (unpaired) electrons. The van der Waals surface area contributed by atoms with Crippen LogP contribution in [0.5, 0.6) is 5.75 Å². The normalized spacial score (nSPS) is 40.8. The van der Waals surface area contributed by atoms with Gasteiger partial charge in [0.05, 0.1) is 0 Å². The van der Waals surface area contributed by atoms with Crippen LogP contribution in [0.1, 0.15) is 72.1 Å². The summed E-state index contributed by atoms with van der Waals surface area (Å²) in [6.45, 7) is 6.49. The molecule has 3 aliphatic carbocycles.